The van der Waals surface area contributed by atoms with Crippen LogP contribution in [0.15, 0.2) is 54.6 Å². The lowest BCUT2D eigenvalue weighted by Gasteiger charge is -2.15. The van der Waals surface area contributed by atoms with E-state index in [2.05, 4.69) is 12.1 Å². The van der Waals surface area contributed by atoms with Gasteiger partial charge in [0, 0.05) is 11.8 Å². The Balaban J connectivity index is 1.76. The van der Waals surface area contributed by atoms with E-state index in [1.165, 1.54) is 5.57 Å². The van der Waals surface area contributed by atoms with Crippen molar-refractivity contribution in [2.45, 2.75) is 13.0 Å². The number of ether oxygens (including phenoxy) is 2. The van der Waals surface area contributed by atoms with Gasteiger partial charge in [0.25, 0.3) is 0 Å². The van der Waals surface area contributed by atoms with Crippen molar-refractivity contribution in [2.24, 2.45) is 0 Å². The zero-order chi connectivity index (χ0) is 14.5. The maximum absolute atomic E-state index is 6.00. The molecule has 108 valence electrons. The van der Waals surface area contributed by atoms with Crippen LogP contribution in [0.25, 0.3) is 5.57 Å². The number of anilines is 1. The Morgan fingerprint density at radius 2 is 1.95 bits per heavy atom. The van der Waals surface area contributed by atoms with Gasteiger partial charge in [0.2, 0.25) is 0 Å². The van der Waals surface area contributed by atoms with Gasteiger partial charge in [-0.1, -0.05) is 36.4 Å². The molecule has 21 heavy (non-hydrogen) atoms. The first-order valence-electron chi connectivity index (χ1n) is 7.16. The quantitative estimate of drug-likeness (QED) is 0.870. The third-order valence-electron chi connectivity index (χ3n) is 3.51. The molecule has 1 aliphatic rings. The summed E-state index contributed by atoms with van der Waals surface area (Å²) in [6.45, 7) is 1.98. The fourth-order valence-corrected chi connectivity index (χ4v) is 2.42. The highest BCUT2D eigenvalue weighted by atomic mass is 16.5. The first-order chi connectivity index (χ1) is 10.3. The average molecular weight is 281 g/mol. The van der Waals surface area contributed by atoms with Crippen molar-refractivity contribution in [3.05, 3.63) is 65.7 Å². The van der Waals surface area contributed by atoms with Crippen LogP contribution < -0.4 is 10.5 Å². The van der Waals surface area contributed by atoms with Crippen molar-refractivity contribution < 1.29 is 9.47 Å². The van der Waals surface area contributed by atoms with Gasteiger partial charge in [0.15, 0.2) is 0 Å². The Bertz CT molecular complexity index is 635. The second kappa shape index (κ2) is 6.46. The minimum Gasteiger partial charge on any atom is -0.489 e. The zero-order valence-electron chi connectivity index (χ0n) is 11.9. The Morgan fingerprint density at radius 3 is 2.71 bits per heavy atom. The van der Waals surface area contributed by atoms with Gasteiger partial charge in [-0.25, -0.2) is 0 Å². The van der Waals surface area contributed by atoms with E-state index in [0.717, 1.165) is 35.6 Å². The molecule has 0 saturated carbocycles. The second-order valence-corrected chi connectivity index (χ2v) is 5.12. The Morgan fingerprint density at radius 1 is 1.10 bits per heavy atom. The van der Waals surface area contributed by atoms with Crippen LogP contribution in [0.2, 0.25) is 0 Å². The molecule has 1 aliphatic heterocycles. The molecule has 0 aliphatic carbocycles. The van der Waals surface area contributed by atoms with Crippen molar-refractivity contribution in [2.75, 3.05) is 18.9 Å². The normalized spacial score (nSPS) is 14.6. The van der Waals surface area contributed by atoms with Crippen molar-refractivity contribution in [3.8, 4) is 5.75 Å². The van der Waals surface area contributed by atoms with Crippen LogP contribution >= 0.6 is 0 Å². The summed E-state index contributed by atoms with van der Waals surface area (Å²) in [5.74, 6) is 0.807. The first-order valence-corrected chi connectivity index (χ1v) is 7.16. The van der Waals surface area contributed by atoms with Gasteiger partial charge in [-0.05, 0) is 35.3 Å². The van der Waals surface area contributed by atoms with Gasteiger partial charge in [0.05, 0.1) is 13.2 Å². The number of rotatable bonds is 4. The highest BCUT2D eigenvalue weighted by molar-refractivity contribution is 5.70. The largest absolute Gasteiger partial charge is 0.489 e. The van der Waals surface area contributed by atoms with Gasteiger partial charge in [0.1, 0.15) is 12.4 Å². The monoisotopic (exact) mass is 281 g/mol. The van der Waals surface area contributed by atoms with E-state index < -0.39 is 0 Å². The molecule has 0 aromatic heterocycles. The molecule has 0 amide bonds. The highest BCUT2D eigenvalue weighted by Crippen LogP contribution is 2.28. The maximum atomic E-state index is 6.00. The van der Waals surface area contributed by atoms with E-state index in [9.17, 15) is 0 Å². The molecule has 1 heterocycles. The zero-order valence-corrected chi connectivity index (χ0v) is 11.9. The van der Waals surface area contributed by atoms with Gasteiger partial charge in [-0.3, -0.25) is 0 Å². The van der Waals surface area contributed by atoms with Crippen LogP contribution in [-0.4, -0.2) is 13.2 Å². The summed E-state index contributed by atoms with van der Waals surface area (Å²) in [4.78, 5) is 0. The van der Waals surface area contributed by atoms with Crippen LogP contribution in [0.5, 0.6) is 5.75 Å². The summed E-state index contributed by atoms with van der Waals surface area (Å²) in [5.41, 5.74) is 10.3. The van der Waals surface area contributed by atoms with Crippen molar-refractivity contribution in [1.29, 1.82) is 0 Å². The number of hydrogen-bond donors (Lipinski definition) is 1. The van der Waals surface area contributed by atoms with E-state index >= 15 is 0 Å². The van der Waals surface area contributed by atoms with Crippen LogP contribution in [-0.2, 0) is 11.3 Å². The maximum Gasteiger partial charge on any atom is 0.122 e. The summed E-state index contributed by atoms with van der Waals surface area (Å²) in [6, 6.07) is 16.0. The Kier molecular flexibility index (Phi) is 4.22. The fourth-order valence-electron chi connectivity index (χ4n) is 2.42. The summed E-state index contributed by atoms with van der Waals surface area (Å²) in [6.07, 6.45) is 3.03. The van der Waals surface area contributed by atoms with Crippen LogP contribution in [0, 0.1) is 0 Å². The minimum atomic E-state index is 0.548. The first kappa shape index (κ1) is 13.7. The molecule has 2 N–H and O–H groups in total. The highest BCUT2D eigenvalue weighted by Gasteiger charge is 2.09. The average Bonchev–Trinajstić information content (AvgIpc) is 2.54. The fraction of sp³-hybridized carbons (Fsp3) is 0.222. The second-order valence-electron chi connectivity index (χ2n) is 5.12. The van der Waals surface area contributed by atoms with Crippen LogP contribution in [0.4, 0.5) is 5.69 Å². The molecule has 0 spiro atoms. The smallest absolute Gasteiger partial charge is 0.122 e. The van der Waals surface area contributed by atoms with Gasteiger partial charge in [-0.2, -0.15) is 0 Å². The molecule has 0 unspecified atom stereocenters. The SMILES string of the molecule is Nc1cc(OCc2ccccc2)cc(C2=CCOCC2)c1. The molecule has 2 aromatic carbocycles. The number of nitrogen functional groups attached to an aromatic ring is 1. The summed E-state index contributed by atoms with van der Waals surface area (Å²) < 4.78 is 11.2. The molecule has 0 atom stereocenters. The Hall–Kier alpha value is -2.26. The summed E-state index contributed by atoms with van der Waals surface area (Å²) in [7, 11) is 0. The molecule has 3 nitrogen and oxygen atoms in total. The standard InChI is InChI=1S/C18H19NO2/c19-17-10-16(15-6-8-20-9-7-15)11-18(12-17)21-13-14-4-2-1-3-5-14/h1-6,10-12H,7-9,13,19H2. The predicted molar refractivity (Wildman–Crippen MR) is 85.0 cm³/mol. The number of nitrogens with two attached hydrogens (primary N) is 1. The van der Waals surface area contributed by atoms with E-state index in [4.69, 9.17) is 15.2 Å². The Labute approximate surface area is 125 Å². The number of hydrogen-bond acceptors (Lipinski definition) is 3. The van der Waals surface area contributed by atoms with E-state index in [-0.39, 0.29) is 0 Å². The lowest BCUT2D eigenvalue weighted by molar-refractivity contribution is 0.161. The molecule has 3 heteroatoms. The van der Waals surface area contributed by atoms with Crippen molar-refractivity contribution in [3.63, 3.8) is 0 Å². The predicted octanol–water partition coefficient (Wildman–Crippen LogP) is 3.65. The van der Waals surface area contributed by atoms with E-state index in [1.54, 1.807) is 0 Å². The van der Waals surface area contributed by atoms with E-state index in [0.29, 0.717) is 13.2 Å². The molecule has 0 fully saturated rings. The molecular formula is C18H19NO2. The van der Waals surface area contributed by atoms with Gasteiger partial charge >= 0.3 is 0 Å². The summed E-state index contributed by atoms with van der Waals surface area (Å²) >= 11 is 0. The number of benzene rings is 2. The lowest BCUT2D eigenvalue weighted by atomic mass is 10.0. The third-order valence-corrected chi connectivity index (χ3v) is 3.51. The molecule has 0 radical (unpaired) electrons. The lowest BCUT2D eigenvalue weighted by Crippen LogP contribution is -2.04. The van der Waals surface area contributed by atoms with Crippen LogP contribution in [0.1, 0.15) is 17.5 Å². The van der Waals surface area contributed by atoms with Gasteiger partial charge in [-0.15, -0.1) is 0 Å². The molecule has 3 rings (SSSR count). The van der Waals surface area contributed by atoms with Crippen molar-refractivity contribution >= 4 is 11.3 Å². The molecule has 2 aromatic rings. The van der Waals surface area contributed by atoms with Crippen molar-refractivity contribution in [1.82, 2.24) is 0 Å². The molecular weight excluding hydrogens is 262 g/mol. The minimum absolute atomic E-state index is 0.548. The third kappa shape index (κ3) is 3.64. The topological polar surface area (TPSA) is 44.5 Å². The van der Waals surface area contributed by atoms with E-state index in [1.807, 2.05) is 42.5 Å². The van der Waals surface area contributed by atoms with Crippen LogP contribution in [0.3, 0.4) is 0 Å². The molecule has 0 saturated heterocycles. The van der Waals surface area contributed by atoms with Gasteiger partial charge < -0.3 is 15.2 Å². The molecule has 0 bridgehead atoms. The summed E-state index contributed by atoms with van der Waals surface area (Å²) in [5, 5.41) is 0.